The van der Waals surface area contributed by atoms with Gasteiger partial charge in [-0.3, -0.25) is 4.79 Å². The van der Waals surface area contributed by atoms with Gasteiger partial charge in [-0.1, -0.05) is 30.3 Å². The second-order valence-electron chi connectivity index (χ2n) is 7.89. The van der Waals surface area contributed by atoms with Gasteiger partial charge in [-0.25, -0.2) is 9.78 Å². The summed E-state index contributed by atoms with van der Waals surface area (Å²) in [7, 11) is 0. The molecule has 1 aromatic heterocycles. The lowest BCUT2D eigenvalue weighted by molar-refractivity contribution is -0.148. The molecule has 32 heavy (non-hydrogen) atoms. The predicted molar refractivity (Wildman–Crippen MR) is 118 cm³/mol. The smallest absolute Gasteiger partial charge is 0.326 e. The number of likely N-dealkylation sites (tertiary alicyclic amines) is 1. The Hall–Kier alpha value is -3.61. The van der Waals surface area contributed by atoms with Crippen LogP contribution in [0.3, 0.4) is 0 Å². The lowest BCUT2D eigenvalue weighted by atomic mass is 10.1. The topological polar surface area (TPSA) is 92.9 Å². The SMILES string of the molecule is Cc1oc(-c2ccccc2)nc1CCOc1cccc(CC(=O)N2CCCC2C(=O)O)c1. The highest BCUT2D eigenvalue weighted by Crippen LogP contribution is 2.23. The number of benzene rings is 2. The van der Waals surface area contributed by atoms with Gasteiger partial charge in [0.05, 0.1) is 18.7 Å². The first kappa shape index (κ1) is 21.6. The number of aromatic nitrogens is 1. The number of carbonyl (C=O) groups is 2. The van der Waals surface area contributed by atoms with Gasteiger partial charge in [-0.2, -0.15) is 0 Å². The highest BCUT2D eigenvalue weighted by molar-refractivity contribution is 5.85. The molecular weight excluding hydrogens is 408 g/mol. The third kappa shape index (κ3) is 4.99. The van der Waals surface area contributed by atoms with Crippen LogP contribution < -0.4 is 4.74 Å². The molecule has 0 bridgehead atoms. The molecule has 7 heteroatoms. The fourth-order valence-electron chi connectivity index (χ4n) is 3.97. The largest absolute Gasteiger partial charge is 0.493 e. The summed E-state index contributed by atoms with van der Waals surface area (Å²) in [5, 5.41) is 9.29. The van der Waals surface area contributed by atoms with Crippen molar-refractivity contribution in [2.45, 2.75) is 38.6 Å². The summed E-state index contributed by atoms with van der Waals surface area (Å²) in [6, 6.07) is 16.4. The van der Waals surface area contributed by atoms with E-state index in [1.807, 2.05) is 61.5 Å². The average molecular weight is 434 g/mol. The zero-order valence-corrected chi connectivity index (χ0v) is 18.0. The number of amides is 1. The van der Waals surface area contributed by atoms with Crippen LogP contribution in [0, 0.1) is 6.92 Å². The number of ether oxygens (including phenoxy) is 1. The van der Waals surface area contributed by atoms with Gasteiger partial charge in [-0.05, 0) is 49.6 Å². The van der Waals surface area contributed by atoms with Crippen molar-refractivity contribution in [3.63, 3.8) is 0 Å². The molecule has 3 aromatic rings. The van der Waals surface area contributed by atoms with Crippen molar-refractivity contribution in [1.82, 2.24) is 9.88 Å². The summed E-state index contributed by atoms with van der Waals surface area (Å²) in [5.74, 6) is 0.923. The normalized spacial score (nSPS) is 15.7. The summed E-state index contributed by atoms with van der Waals surface area (Å²) in [6.45, 7) is 2.81. The number of carboxylic acids is 1. The number of nitrogens with zero attached hydrogens (tertiary/aromatic N) is 2. The fourth-order valence-corrected chi connectivity index (χ4v) is 3.97. The maximum Gasteiger partial charge on any atom is 0.326 e. The number of hydrogen-bond donors (Lipinski definition) is 1. The summed E-state index contributed by atoms with van der Waals surface area (Å²) < 4.78 is 11.7. The van der Waals surface area contributed by atoms with Crippen molar-refractivity contribution in [1.29, 1.82) is 0 Å². The van der Waals surface area contributed by atoms with E-state index in [9.17, 15) is 14.7 Å². The zero-order valence-electron chi connectivity index (χ0n) is 18.0. The number of carbonyl (C=O) groups excluding carboxylic acids is 1. The van der Waals surface area contributed by atoms with Crippen LogP contribution in [0.5, 0.6) is 5.75 Å². The van der Waals surface area contributed by atoms with E-state index in [4.69, 9.17) is 9.15 Å². The monoisotopic (exact) mass is 434 g/mol. The summed E-state index contributed by atoms with van der Waals surface area (Å²) in [5.41, 5.74) is 2.58. The Morgan fingerprint density at radius 2 is 2.00 bits per heavy atom. The van der Waals surface area contributed by atoms with E-state index in [1.54, 1.807) is 0 Å². The molecule has 2 heterocycles. The lowest BCUT2D eigenvalue weighted by Crippen LogP contribution is -2.41. The molecule has 1 amide bonds. The van der Waals surface area contributed by atoms with E-state index in [2.05, 4.69) is 4.98 Å². The quantitative estimate of drug-likeness (QED) is 0.578. The highest BCUT2D eigenvalue weighted by Gasteiger charge is 2.33. The second-order valence-corrected chi connectivity index (χ2v) is 7.89. The number of aliphatic carboxylic acids is 1. The van der Waals surface area contributed by atoms with E-state index in [0.717, 1.165) is 29.0 Å². The fraction of sp³-hybridized carbons (Fsp3) is 0.320. The third-order valence-corrected chi connectivity index (χ3v) is 5.63. The van der Waals surface area contributed by atoms with Crippen LogP contribution >= 0.6 is 0 Å². The van der Waals surface area contributed by atoms with Crippen molar-refractivity contribution in [3.8, 4) is 17.2 Å². The van der Waals surface area contributed by atoms with Gasteiger partial charge in [0.15, 0.2) is 0 Å². The molecule has 0 aliphatic carbocycles. The van der Waals surface area contributed by atoms with Crippen LogP contribution in [-0.4, -0.2) is 46.1 Å². The molecule has 4 rings (SSSR count). The molecule has 0 radical (unpaired) electrons. The van der Waals surface area contributed by atoms with Gasteiger partial charge in [0.25, 0.3) is 0 Å². The van der Waals surface area contributed by atoms with Gasteiger partial charge in [0, 0.05) is 18.5 Å². The number of hydrogen-bond acceptors (Lipinski definition) is 5. The Bertz CT molecular complexity index is 1090. The van der Waals surface area contributed by atoms with Crippen LogP contribution in [0.4, 0.5) is 0 Å². The molecule has 1 aliphatic heterocycles. The maximum atomic E-state index is 12.6. The maximum absolute atomic E-state index is 12.6. The first-order valence-corrected chi connectivity index (χ1v) is 10.8. The summed E-state index contributed by atoms with van der Waals surface area (Å²) >= 11 is 0. The van der Waals surface area contributed by atoms with E-state index in [0.29, 0.717) is 37.6 Å². The van der Waals surface area contributed by atoms with Crippen molar-refractivity contribution < 1.29 is 23.8 Å². The van der Waals surface area contributed by atoms with Gasteiger partial charge in [0.2, 0.25) is 11.8 Å². The van der Waals surface area contributed by atoms with E-state index in [-0.39, 0.29) is 12.3 Å². The lowest BCUT2D eigenvalue weighted by Gasteiger charge is -2.21. The van der Waals surface area contributed by atoms with Gasteiger partial charge in [0.1, 0.15) is 17.6 Å². The Kier molecular flexibility index (Phi) is 6.54. The van der Waals surface area contributed by atoms with Crippen molar-refractivity contribution in [3.05, 3.63) is 71.6 Å². The average Bonchev–Trinajstić information content (AvgIpc) is 3.42. The molecule has 166 valence electrons. The number of aryl methyl sites for hydroxylation is 1. The number of carboxylic acid groups (broad SMARTS) is 1. The first-order valence-electron chi connectivity index (χ1n) is 10.8. The van der Waals surface area contributed by atoms with Gasteiger partial charge in [-0.15, -0.1) is 0 Å². The van der Waals surface area contributed by atoms with Gasteiger partial charge >= 0.3 is 5.97 Å². The van der Waals surface area contributed by atoms with E-state index in [1.165, 1.54) is 4.90 Å². The van der Waals surface area contributed by atoms with E-state index >= 15 is 0 Å². The second kappa shape index (κ2) is 9.68. The van der Waals surface area contributed by atoms with Crippen molar-refractivity contribution in [2.24, 2.45) is 0 Å². The van der Waals surface area contributed by atoms with Crippen LogP contribution in [0.2, 0.25) is 0 Å². The first-order chi connectivity index (χ1) is 15.5. The number of oxazole rings is 1. The molecule has 1 N–H and O–H groups in total. The Balaban J connectivity index is 1.33. The summed E-state index contributed by atoms with van der Waals surface area (Å²) in [4.78, 5) is 30.0. The molecule has 1 fully saturated rings. The minimum Gasteiger partial charge on any atom is -0.493 e. The predicted octanol–water partition coefficient (Wildman–Crippen LogP) is 3.89. The number of rotatable bonds is 8. The van der Waals surface area contributed by atoms with Crippen LogP contribution in [0.1, 0.15) is 29.9 Å². The highest BCUT2D eigenvalue weighted by atomic mass is 16.5. The molecule has 1 unspecified atom stereocenters. The minimum absolute atomic E-state index is 0.157. The zero-order chi connectivity index (χ0) is 22.5. The summed E-state index contributed by atoms with van der Waals surface area (Å²) in [6.07, 6.45) is 1.99. The molecule has 1 saturated heterocycles. The molecule has 0 saturated carbocycles. The molecular formula is C25H26N2O5. The van der Waals surface area contributed by atoms with Crippen molar-refractivity contribution in [2.75, 3.05) is 13.2 Å². The molecule has 1 aliphatic rings. The molecule has 2 aromatic carbocycles. The van der Waals surface area contributed by atoms with Crippen LogP contribution in [0.25, 0.3) is 11.5 Å². The van der Waals surface area contributed by atoms with Crippen molar-refractivity contribution >= 4 is 11.9 Å². The molecule has 1 atom stereocenters. The standard InChI is InChI=1S/C25H26N2O5/c1-17-21(26-24(32-17)19-8-3-2-4-9-19)12-14-31-20-10-5-7-18(15-20)16-23(28)27-13-6-11-22(27)25(29)30/h2-5,7-10,15,22H,6,11-14,16H2,1H3,(H,29,30). The Morgan fingerprint density at radius 3 is 2.78 bits per heavy atom. The van der Waals surface area contributed by atoms with Crippen LogP contribution in [0.15, 0.2) is 59.0 Å². The molecule has 0 spiro atoms. The minimum atomic E-state index is -0.938. The Morgan fingerprint density at radius 1 is 1.19 bits per heavy atom. The van der Waals surface area contributed by atoms with Crippen LogP contribution in [-0.2, 0) is 22.4 Å². The van der Waals surface area contributed by atoms with E-state index < -0.39 is 12.0 Å². The van der Waals surface area contributed by atoms with Gasteiger partial charge < -0.3 is 19.2 Å². The molecule has 7 nitrogen and oxygen atoms in total. The Labute approximate surface area is 186 Å². The third-order valence-electron chi connectivity index (χ3n) is 5.63.